The van der Waals surface area contributed by atoms with E-state index in [4.69, 9.17) is 5.73 Å². The third-order valence-electron chi connectivity index (χ3n) is 7.75. The molecule has 0 aliphatic rings. The van der Waals surface area contributed by atoms with Crippen molar-refractivity contribution >= 4 is 71.5 Å². The van der Waals surface area contributed by atoms with Crippen LogP contribution >= 0.6 is 12.0 Å². The number of benzene rings is 5. The average molecular weight is 932 g/mol. The first-order valence-corrected chi connectivity index (χ1v) is 18.5. The molecule has 25 heteroatoms. The Hall–Kier alpha value is -5.14. The van der Waals surface area contributed by atoms with Crippen molar-refractivity contribution in [3.8, 4) is 39.9 Å². The third-order valence-corrected chi connectivity index (χ3v) is 10.1. The molecule has 0 aliphatic heterocycles. The molecule has 20 nitrogen and oxygen atoms in total. The van der Waals surface area contributed by atoms with E-state index in [9.17, 15) is 51.6 Å². The molecule has 0 atom stereocenters. The third kappa shape index (κ3) is 9.37. The normalized spacial score (nSPS) is 11.9. The molecule has 0 saturated carbocycles. The topological polar surface area (TPSA) is 341 Å². The minimum absolute atomic E-state index is 0. The predicted molar refractivity (Wildman–Crippen MR) is 179 cm³/mol. The van der Waals surface area contributed by atoms with E-state index in [2.05, 4.69) is 34.9 Å². The second-order valence-electron chi connectivity index (χ2n) is 11.2. The molecule has 0 unspecified atom stereocenters. The molecular formula is C32H18Cu2N7O13S3-7. The summed E-state index contributed by atoms with van der Waals surface area (Å²) in [5, 5.41) is 84.3. The molecule has 0 aliphatic carbocycles. The van der Waals surface area contributed by atoms with Crippen LogP contribution in [0, 0.1) is 6.92 Å². The number of aryl methyl sites for hydroxylation is 1. The van der Waals surface area contributed by atoms with Crippen LogP contribution in [-0.4, -0.2) is 35.7 Å². The second-order valence-corrected chi connectivity index (χ2v) is 14.6. The predicted octanol–water partition coefficient (Wildman–Crippen LogP) is 2.74. The van der Waals surface area contributed by atoms with E-state index >= 15 is 0 Å². The van der Waals surface area contributed by atoms with Gasteiger partial charge in [-0.05, 0) is 66.6 Å². The van der Waals surface area contributed by atoms with Gasteiger partial charge in [0.15, 0.2) is 0 Å². The van der Waals surface area contributed by atoms with Crippen LogP contribution < -0.4 is 31.4 Å². The summed E-state index contributed by atoms with van der Waals surface area (Å²) in [6.07, 6.45) is 0. The maximum atomic E-state index is 13.3. The molecule has 6 rings (SSSR count). The average Bonchev–Trinajstić information content (AvgIpc) is 3.41. The van der Waals surface area contributed by atoms with Crippen molar-refractivity contribution in [2.24, 2.45) is 20.5 Å². The molecule has 1 heterocycles. The molecule has 0 saturated heterocycles. The molecule has 57 heavy (non-hydrogen) atoms. The van der Waals surface area contributed by atoms with Crippen molar-refractivity contribution in [1.82, 2.24) is 9.78 Å². The molecule has 2 N–H and O–H groups in total. The summed E-state index contributed by atoms with van der Waals surface area (Å²) in [5.74, 6) is -2.98. The van der Waals surface area contributed by atoms with Gasteiger partial charge in [0.2, 0.25) is 0 Å². The van der Waals surface area contributed by atoms with E-state index in [0.29, 0.717) is 11.1 Å². The molecule has 1 aromatic heterocycles. The van der Waals surface area contributed by atoms with E-state index in [1.165, 1.54) is 49.4 Å². The van der Waals surface area contributed by atoms with Gasteiger partial charge in [0.1, 0.15) is 25.9 Å². The number of hydrogen-bond donors (Lipinski definition) is 1. The summed E-state index contributed by atoms with van der Waals surface area (Å²) >= 11 is 0.162. The standard InChI is InChI=1S/C32H25N7O13S3.2Cu/c1-15-30(32(43)39(38-15)18-4-6-19(7-5-18)54(45,46)47)37-35-22-10-3-17(13-25(22)41)16-2-9-21(24(40)12-16)34-36-23-11-8-20-27(55(48,49)50)14-26(53-52-51-44)29(33)28(20)31(23)42;;/h2-14,40-44H,33H2,1H3,(H,45,46,47)(H,48,49,50);;/p-7. The van der Waals surface area contributed by atoms with Gasteiger partial charge in [0.05, 0.1) is 60.9 Å². The van der Waals surface area contributed by atoms with Gasteiger partial charge in [-0.15, -0.1) is 5.11 Å². The van der Waals surface area contributed by atoms with Gasteiger partial charge in [-0.1, -0.05) is 47.6 Å². The minimum Gasteiger partial charge on any atom is -0.871 e. The first-order chi connectivity index (χ1) is 26.0. The van der Waals surface area contributed by atoms with Gasteiger partial charge < -0.3 is 40.5 Å². The molecule has 0 amide bonds. The summed E-state index contributed by atoms with van der Waals surface area (Å²) < 4.78 is 74.4. The number of nitrogen functional groups attached to an aromatic ring is 1. The number of nitrogens with zero attached hydrogens (tertiary/aromatic N) is 6. The van der Waals surface area contributed by atoms with Gasteiger partial charge in [-0.2, -0.15) is 24.8 Å². The van der Waals surface area contributed by atoms with Crippen LogP contribution in [0.3, 0.4) is 0 Å². The largest absolute Gasteiger partial charge is 0.871 e. The Morgan fingerprint density at radius 1 is 0.737 bits per heavy atom. The number of nitrogens with two attached hydrogens (primary N) is 1. The van der Waals surface area contributed by atoms with Crippen LogP contribution in [0.4, 0.5) is 28.4 Å². The Morgan fingerprint density at radius 2 is 1.28 bits per heavy atom. The number of rotatable bonds is 11. The Labute approximate surface area is 346 Å². The van der Waals surface area contributed by atoms with Crippen molar-refractivity contribution < 1.29 is 95.1 Å². The van der Waals surface area contributed by atoms with Crippen LogP contribution in [-0.2, 0) is 63.7 Å². The Bertz CT molecular complexity index is 2790. The van der Waals surface area contributed by atoms with Crippen LogP contribution in [0.15, 0.2) is 114 Å². The Kier molecular flexibility index (Phi) is 13.7. The molecule has 0 fully saturated rings. The quantitative estimate of drug-likeness (QED) is 0.0371. The fourth-order valence-corrected chi connectivity index (χ4v) is 6.86. The van der Waals surface area contributed by atoms with Gasteiger partial charge in [0, 0.05) is 50.8 Å². The van der Waals surface area contributed by atoms with Crippen LogP contribution in [0.5, 0.6) is 23.1 Å². The number of azo groups is 2. The minimum atomic E-state index is -5.14. The molecule has 0 spiro atoms. The Morgan fingerprint density at radius 3 is 1.81 bits per heavy atom. The molecule has 6 aromatic rings. The number of aromatic nitrogens is 2. The van der Waals surface area contributed by atoms with E-state index in [1.807, 2.05) is 0 Å². The fourth-order valence-electron chi connectivity index (χ4n) is 5.15. The smallest absolute Gasteiger partial charge is 0.125 e. The van der Waals surface area contributed by atoms with Crippen LogP contribution in [0.1, 0.15) is 5.69 Å². The SMILES string of the molecule is Cc1nn(-c2ccc(S(=O)(=O)[O-])cc2)c([O-])c1N=Nc1ccc(-c2ccc(N=Nc3ccc4c(S(=O)(=O)[O-])cc(SOO[O-])c(N)c4c3[O-])c([O-])c2)cc1[O-].[Cu].[Cu]. The zero-order valence-corrected chi connectivity index (χ0v) is 32.2. The molecular weight excluding hydrogens is 914 g/mol. The van der Waals surface area contributed by atoms with Crippen molar-refractivity contribution in [3.05, 3.63) is 84.6 Å². The summed E-state index contributed by atoms with van der Waals surface area (Å²) in [4.78, 5) is -1.61. The van der Waals surface area contributed by atoms with Crippen molar-refractivity contribution in [1.29, 1.82) is 0 Å². The van der Waals surface area contributed by atoms with Crippen molar-refractivity contribution in [3.63, 3.8) is 0 Å². The number of anilines is 1. The fraction of sp³-hybridized carbons (Fsp3) is 0.0312. The summed E-state index contributed by atoms with van der Waals surface area (Å²) in [5.41, 5.74) is 5.57. The maximum Gasteiger partial charge on any atom is 0.125 e. The van der Waals surface area contributed by atoms with Gasteiger partial charge >= 0.3 is 0 Å². The maximum absolute atomic E-state index is 13.3. The second kappa shape index (κ2) is 17.6. The van der Waals surface area contributed by atoms with E-state index in [1.54, 1.807) is 0 Å². The molecule has 5 aromatic carbocycles. The van der Waals surface area contributed by atoms with Gasteiger partial charge in [-0.3, -0.25) is 5.04 Å². The zero-order valence-electron chi connectivity index (χ0n) is 27.9. The summed E-state index contributed by atoms with van der Waals surface area (Å²) in [6.45, 7) is 1.46. The molecule has 0 bridgehead atoms. The molecule has 2 radical (unpaired) electrons. The van der Waals surface area contributed by atoms with Crippen LogP contribution in [0.25, 0.3) is 27.6 Å². The number of fused-ring (bicyclic) bond motifs is 1. The number of hydrogen-bond acceptors (Lipinski definition) is 20. The van der Waals surface area contributed by atoms with E-state index < -0.39 is 58.5 Å². The zero-order chi connectivity index (χ0) is 39.8. The summed E-state index contributed by atoms with van der Waals surface area (Å²) in [6, 6.07) is 15.2. The van der Waals surface area contributed by atoms with Crippen molar-refractivity contribution in [2.75, 3.05) is 5.73 Å². The molecule has 306 valence electrons. The van der Waals surface area contributed by atoms with Crippen LogP contribution in [0.2, 0.25) is 0 Å². The van der Waals surface area contributed by atoms with E-state index in [0.717, 1.165) is 41.1 Å². The summed E-state index contributed by atoms with van der Waals surface area (Å²) in [7, 11) is -9.84. The van der Waals surface area contributed by atoms with E-state index in [-0.39, 0.29) is 96.3 Å². The van der Waals surface area contributed by atoms with Gasteiger partial charge in [0.25, 0.3) is 0 Å². The Balaban J connectivity index is 0.00000360. The van der Waals surface area contributed by atoms with Crippen molar-refractivity contribution in [2.45, 2.75) is 21.6 Å². The monoisotopic (exact) mass is 930 g/mol. The van der Waals surface area contributed by atoms with Gasteiger partial charge in [-0.25, -0.2) is 21.5 Å². The first-order valence-electron chi connectivity index (χ1n) is 14.9. The first kappa shape index (κ1) is 44.6.